The Morgan fingerprint density at radius 1 is 0.228 bits per heavy atom. The largest absolute Gasteiger partial charge is 0.309 e. The van der Waals surface area contributed by atoms with Gasteiger partial charge in [-0.25, -0.2) is 0 Å². The molecule has 12 aromatic rings. The van der Waals surface area contributed by atoms with Crippen molar-refractivity contribution < 1.29 is 0 Å². The average molecular weight is 726 g/mol. The van der Waals surface area contributed by atoms with Crippen molar-refractivity contribution in [3.63, 3.8) is 0 Å². The summed E-state index contributed by atoms with van der Waals surface area (Å²) in [4.78, 5) is 0. The lowest BCUT2D eigenvalue weighted by Crippen LogP contribution is -1.97. The summed E-state index contributed by atoms with van der Waals surface area (Å²) >= 11 is 0. The van der Waals surface area contributed by atoms with Crippen molar-refractivity contribution in [3.05, 3.63) is 212 Å². The SMILES string of the molecule is c1ccc(-c2ccc(-c3ccc(-n4c5ccccc5c5cc(-n6c7ccccc7c7c(-n8c9ccccc9c9ccccc98)cccc76)ccc54)cc3)cc2)cc1. The fraction of sp³-hybridized carbons (Fsp3) is 0. The predicted molar refractivity (Wildman–Crippen MR) is 240 cm³/mol. The van der Waals surface area contributed by atoms with E-state index < -0.39 is 0 Å². The van der Waals surface area contributed by atoms with Crippen LogP contribution in [-0.2, 0) is 0 Å². The van der Waals surface area contributed by atoms with Gasteiger partial charge in [0.25, 0.3) is 0 Å². The van der Waals surface area contributed by atoms with E-state index in [1.54, 1.807) is 0 Å². The second-order valence-corrected chi connectivity index (χ2v) is 14.9. The molecule has 9 aromatic carbocycles. The molecule has 0 unspecified atom stereocenters. The molecule has 57 heavy (non-hydrogen) atoms. The Balaban J connectivity index is 1.01. The molecule has 0 bridgehead atoms. The van der Waals surface area contributed by atoms with Crippen molar-refractivity contribution >= 4 is 65.4 Å². The van der Waals surface area contributed by atoms with Crippen LogP contribution in [0.25, 0.3) is 105 Å². The first-order chi connectivity index (χ1) is 28.3. The maximum Gasteiger partial charge on any atom is 0.0562 e. The van der Waals surface area contributed by atoms with Crippen molar-refractivity contribution in [3.8, 4) is 39.3 Å². The van der Waals surface area contributed by atoms with E-state index in [4.69, 9.17) is 0 Å². The van der Waals surface area contributed by atoms with Gasteiger partial charge in [0.2, 0.25) is 0 Å². The van der Waals surface area contributed by atoms with Gasteiger partial charge in [0.15, 0.2) is 0 Å². The molecule has 3 nitrogen and oxygen atoms in total. The van der Waals surface area contributed by atoms with E-state index in [9.17, 15) is 0 Å². The molecule has 0 saturated carbocycles. The van der Waals surface area contributed by atoms with E-state index in [-0.39, 0.29) is 0 Å². The Kier molecular flexibility index (Phi) is 6.93. The molecule has 0 fully saturated rings. The first-order valence-corrected chi connectivity index (χ1v) is 19.6. The summed E-state index contributed by atoms with van der Waals surface area (Å²) in [7, 11) is 0. The number of benzene rings is 9. The third-order valence-corrected chi connectivity index (χ3v) is 11.9. The fourth-order valence-electron chi connectivity index (χ4n) is 9.31. The van der Waals surface area contributed by atoms with Gasteiger partial charge in [0, 0.05) is 43.7 Å². The zero-order valence-electron chi connectivity index (χ0n) is 31.0. The summed E-state index contributed by atoms with van der Waals surface area (Å²) in [5.41, 5.74) is 15.5. The van der Waals surface area contributed by atoms with Crippen LogP contribution in [0.15, 0.2) is 212 Å². The lowest BCUT2D eigenvalue weighted by Gasteiger charge is -2.12. The van der Waals surface area contributed by atoms with Crippen LogP contribution < -0.4 is 0 Å². The van der Waals surface area contributed by atoms with E-state index >= 15 is 0 Å². The number of hydrogen-bond acceptors (Lipinski definition) is 0. The second kappa shape index (κ2) is 12.5. The number of para-hydroxylation sites is 4. The summed E-state index contributed by atoms with van der Waals surface area (Å²) in [6.45, 7) is 0. The molecule has 0 radical (unpaired) electrons. The van der Waals surface area contributed by atoms with Gasteiger partial charge < -0.3 is 13.7 Å². The highest BCUT2D eigenvalue weighted by atomic mass is 15.0. The summed E-state index contributed by atoms with van der Waals surface area (Å²) in [5, 5.41) is 7.49. The van der Waals surface area contributed by atoms with Crippen molar-refractivity contribution in [1.82, 2.24) is 13.7 Å². The fourth-order valence-corrected chi connectivity index (χ4v) is 9.31. The molecule has 266 valence electrons. The van der Waals surface area contributed by atoms with Crippen molar-refractivity contribution in [2.24, 2.45) is 0 Å². The van der Waals surface area contributed by atoms with Gasteiger partial charge in [-0.05, 0) is 89.0 Å². The first kappa shape index (κ1) is 31.7. The van der Waals surface area contributed by atoms with E-state index in [1.165, 1.54) is 93.4 Å². The van der Waals surface area contributed by atoms with Crippen LogP contribution in [0.1, 0.15) is 0 Å². The molecule has 0 aliphatic rings. The molecule has 0 aliphatic carbocycles. The number of fused-ring (bicyclic) bond motifs is 9. The quantitative estimate of drug-likeness (QED) is 0.168. The van der Waals surface area contributed by atoms with Gasteiger partial charge in [-0.3, -0.25) is 0 Å². The van der Waals surface area contributed by atoms with E-state index in [0.29, 0.717) is 0 Å². The Morgan fingerprint density at radius 2 is 0.632 bits per heavy atom. The lowest BCUT2D eigenvalue weighted by atomic mass is 10.0. The highest BCUT2D eigenvalue weighted by molar-refractivity contribution is 6.17. The third-order valence-electron chi connectivity index (χ3n) is 11.9. The van der Waals surface area contributed by atoms with Crippen LogP contribution in [0.5, 0.6) is 0 Å². The normalized spacial score (nSPS) is 11.9. The molecule has 3 aromatic heterocycles. The standard InChI is InChI=1S/C54H35N3/c1-2-13-36(14-3-1)37-25-27-38(28-26-37)39-29-31-40(32-30-39)55-47-19-8-6-17-44(47)46-35-41(33-34-51(46)55)56-50-22-11-7-18-45(50)54-52(56)23-12-24-53(54)57-48-20-9-4-15-42(48)43-16-5-10-21-49(43)57/h1-35H. The highest BCUT2D eigenvalue weighted by Gasteiger charge is 2.20. The van der Waals surface area contributed by atoms with Crippen LogP contribution >= 0.6 is 0 Å². The van der Waals surface area contributed by atoms with Crippen molar-refractivity contribution in [2.45, 2.75) is 0 Å². The molecule has 0 spiro atoms. The van der Waals surface area contributed by atoms with E-state index in [0.717, 1.165) is 11.4 Å². The third kappa shape index (κ3) is 4.79. The summed E-state index contributed by atoms with van der Waals surface area (Å²) in [6.07, 6.45) is 0. The van der Waals surface area contributed by atoms with Gasteiger partial charge in [0.05, 0.1) is 38.8 Å². The molecular formula is C54H35N3. The monoisotopic (exact) mass is 725 g/mol. The summed E-state index contributed by atoms with van der Waals surface area (Å²) < 4.78 is 7.31. The summed E-state index contributed by atoms with van der Waals surface area (Å²) in [6, 6.07) is 77.3. The Bertz CT molecular complexity index is 3440. The maximum absolute atomic E-state index is 2.45. The molecule has 12 rings (SSSR count). The zero-order valence-corrected chi connectivity index (χ0v) is 31.0. The Labute approximate surface area is 329 Å². The van der Waals surface area contributed by atoms with E-state index in [1.807, 2.05) is 0 Å². The molecule has 0 aliphatic heterocycles. The highest BCUT2D eigenvalue weighted by Crippen LogP contribution is 2.41. The number of hydrogen-bond donors (Lipinski definition) is 0. The maximum atomic E-state index is 2.45. The van der Waals surface area contributed by atoms with Crippen molar-refractivity contribution in [1.29, 1.82) is 0 Å². The molecular weight excluding hydrogens is 691 g/mol. The van der Waals surface area contributed by atoms with Gasteiger partial charge in [-0.2, -0.15) is 0 Å². The Morgan fingerprint density at radius 3 is 1.25 bits per heavy atom. The minimum Gasteiger partial charge on any atom is -0.309 e. The van der Waals surface area contributed by atoms with Gasteiger partial charge in [-0.1, -0.05) is 146 Å². The van der Waals surface area contributed by atoms with Crippen LogP contribution in [0.4, 0.5) is 0 Å². The second-order valence-electron chi connectivity index (χ2n) is 14.9. The molecule has 0 N–H and O–H groups in total. The number of nitrogens with zero attached hydrogens (tertiary/aromatic N) is 3. The number of rotatable bonds is 5. The summed E-state index contributed by atoms with van der Waals surface area (Å²) in [5.74, 6) is 0. The molecule has 0 atom stereocenters. The van der Waals surface area contributed by atoms with E-state index in [2.05, 4.69) is 226 Å². The molecule has 3 heteroatoms. The van der Waals surface area contributed by atoms with Gasteiger partial charge >= 0.3 is 0 Å². The predicted octanol–water partition coefficient (Wildman–Crippen LogP) is 14.3. The topological polar surface area (TPSA) is 14.8 Å². The smallest absolute Gasteiger partial charge is 0.0562 e. The van der Waals surface area contributed by atoms with Crippen LogP contribution in [-0.4, -0.2) is 13.7 Å². The Hall–Kier alpha value is -7.62. The average Bonchev–Trinajstić information content (AvgIpc) is 3.92. The minimum absolute atomic E-state index is 1.14. The van der Waals surface area contributed by atoms with Gasteiger partial charge in [0.1, 0.15) is 0 Å². The first-order valence-electron chi connectivity index (χ1n) is 19.6. The molecule has 3 heterocycles. The van der Waals surface area contributed by atoms with Crippen LogP contribution in [0.3, 0.4) is 0 Å². The molecule has 0 saturated heterocycles. The van der Waals surface area contributed by atoms with Crippen LogP contribution in [0.2, 0.25) is 0 Å². The zero-order chi connectivity index (χ0) is 37.5. The lowest BCUT2D eigenvalue weighted by molar-refractivity contribution is 1.16. The van der Waals surface area contributed by atoms with Crippen LogP contribution in [0, 0.1) is 0 Å². The minimum atomic E-state index is 1.14. The molecule has 0 amide bonds. The van der Waals surface area contributed by atoms with Gasteiger partial charge in [-0.15, -0.1) is 0 Å². The van der Waals surface area contributed by atoms with Crippen molar-refractivity contribution in [2.75, 3.05) is 0 Å². The number of aromatic nitrogens is 3.